The summed E-state index contributed by atoms with van der Waals surface area (Å²) < 4.78 is 15.8. The van der Waals surface area contributed by atoms with Crippen LogP contribution in [0.2, 0.25) is 0 Å². The van der Waals surface area contributed by atoms with E-state index in [2.05, 4.69) is 0 Å². The van der Waals surface area contributed by atoms with Gasteiger partial charge in [0, 0.05) is 18.7 Å². The predicted molar refractivity (Wildman–Crippen MR) is 71.7 cm³/mol. The zero-order chi connectivity index (χ0) is 13.5. The number of carbonyl (C=O) groups excluding carboxylic acids is 1. The molecule has 0 aliphatic rings. The van der Waals surface area contributed by atoms with Crippen molar-refractivity contribution < 1.29 is 9.36 Å². The molecule has 0 spiro atoms. The summed E-state index contributed by atoms with van der Waals surface area (Å²) in [5, 5.41) is 8.61. The van der Waals surface area contributed by atoms with E-state index in [4.69, 9.17) is 5.26 Å². The Bertz CT molecular complexity index is 341. The van der Waals surface area contributed by atoms with Crippen molar-refractivity contribution in [3.63, 3.8) is 0 Å². The molecule has 0 N–H and O–H groups in total. The van der Waals surface area contributed by atoms with Crippen molar-refractivity contribution in [3.05, 3.63) is 0 Å². The van der Waals surface area contributed by atoms with Gasteiger partial charge in [0.1, 0.15) is 0 Å². The number of carbonyl (C=O) groups is 1. The molecule has 0 aromatic carbocycles. The fourth-order valence-corrected chi connectivity index (χ4v) is 5.85. The smallest absolute Gasteiger partial charge is 0.274 e. The van der Waals surface area contributed by atoms with Crippen LogP contribution in [0, 0.1) is 11.3 Å². The third kappa shape index (κ3) is 4.34. The van der Waals surface area contributed by atoms with Gasteiger partial charge in [-0.3, -0.25) is 14.0 Å². The first-order chi connectivity index (χ1) is 7.93. The average molecular weight is 277 g/mol. The molecule has 0 saturated heterocycles. The van der Waals surface area contributed by atoms with E-state index in [1.54, 1.807) is 25.7 Å². The summed E-state index contributed by atoms with van der Waals surface area (Å²) in [7, 11) is 3.40. The molecule has 1 unspecified atom stereocenters. The molecule has 1 amide bonds. The molecule has 0 aliphatic carbocycles. The van der Waals surface area contributed by atoms with E-state index >= 15 is 0 Å². The summed E-state index contributed by atoms with van der Waals surface area (Å²) >= 11 is 1.27. The molecule has 0 bridgehead atoms. The van der Waals surface area contributed by atoms with E-state index in [-0.39, 0.29) is 18.9 Å². The molecular weight excluding hydrogens is 257 g/mol. The number of hydrogen-bond donors (Lipinski definition) is 0. The maximum atomic E-state index is 12.8. The standard InChI is InChI=1S/C10H20N3O2PS/c1-5-10(14)13(9-7-8-11)16(15,12(3)4)17-6-2/h5-7,9H2,1-4H3. The SMILES string of the molecule is CCSP(=O)(N(C)C)N(CCC#N)C(=O)CC. The molecule has 5 nitrogen and oxygen atoms in total. The minimum Gasteiger partial charge on any atom is -0.274 e. The van der Waals surface area contributed by atoms with E-state index in [1.165, 1.54) is 16.1 Å². The van der Waals surface area contributed by atoms with Crippen LogP contribution in [0.5, 0.6) is 0 Å². The Hall–Kier alpha value is -0.500. The van der Waals surface area contributed by atoms with Crippen molar-refractivity contribution in [3.8, 4) is 6.07 Å². The van der Waals surface area contributed by atoms with Crippen LogP contribution in [0.1, 0.15) is 26.7 Å². The Kier molecular flexibility index (Phi) is 7.53. The molecule has 17 heavy (non-hydrogen) atoms. The van der Waals surface area contributed by atoms with Gasteiger partial charge in [0.2, 0.25) is 5.91 Å². The predicted octanol–water partition coefficient (Wildman–Crippen LogP) is 2.56. The van der Waals surface area contributed by atoms with E-state index in [9.17, 15) is 9.36 Å². The monoisotopic (exact) mass is 277 g/mol. The second-order valence-corrected chi connectivity index (χ2v) is 8.84. The molecule has 0 heterocycles. The molecule has 0 aliphatic heterocycles. The fourth-order valence-electron chi connectivity index (χ4n) is 1.30. The Morgan fingerprint density at radius 1 is 1.41 bits per heavy atom. The van der Waals surface area contributed by atoms with Gasteiger partial charge in [-0.15, -0.1) is 0 Å². The van der Waals surface area contributed by atoms with Gasteiger partial charge < -0.3 is 0 Å². The summed E-state index contributed by atoms with van der Waals surface area (Å²) in [5.74, 6) is 0.494. The van der Waals surface area contributed by atoms with Gasteiger partial charge >= 0.3 is 0 Å². The summed E-state index contributed by atoms with van der Waals surface area (Å²) in [6, 6.07) is 1.99. The van der Waals surface area contributed by atoms with Crippen molar-refractivity contribution in [2.75, 3.05) is 26.4 Å². The topological polar surface area (TPSA) is 64.4 Å². The average Bonchev–Trinajstić information content (AvgIpc) is 2.29. The van der Waals surface area contributed by atoms with E-state index in [1.807, 2.05) is 13.0 Å². The van der Waals surface area contributed by atoms with Crippen molar-refractivity contribution in [2.45, 2.75) is 26.7 Å². The molecule has 7 heteroatoms. The number of nitrogens with zero attached hydrogens (tertiary/aromatic N) is 3. The highest BCUT2D eigenvalue weighted by Gasteiger charge is 2.35. The zero-order valence-corrected chi connectivity index (χ0v) is 12.6. The van der Waals surface area contributed by atoms with Crippen LogP contribution in [0.3, 0.4) is 0 Å². The molecular formula is C10H20N3O2PS. The lowest BCUT2D eigenvalue weighted by Crippen LogP contribution is -2.32. The fraction of sp³-hybridized carbons (Fsp3) is 0.800. The Morgan fingerprint density at radius 3 is 2.35 bits per heavy atom. The summed E-state index contributed by atoms with van der Waals surface area (Å²) in [6.45, 7) is 0.944. The quantitative estimate of drug-likeness (QED) is 0.669. The van der Waals surface area contributed by atoms with Crippen LogP contribution < -0.4 is 0 Å². The lowest BCUT2D eigenvalue weighted by molar-refractivity contribution is -0.126. The van der Waals surface area contributed by atoms with Gasteiger partial charge in [-0.05, 0) is 14.1 Å². The number of amides is 1. The van der Waals surface area contributed by atoms with Crippen LogP contribution in [0.25, 0.3) is 0 Å². The Balaban J connectivity index is 5.15. The van der Waals surface area contributed by atoms with Crippen LogP contribution in [-0.2, 0) is 9.36 Å². The lowest BCUT2D eigenvalue weighted by Gasteiger charge is -2.34. The van der Waals surface area contributed by atoms with Gasteiger partial charge in [0.15, 0.2) is 0 Å². The molecule has 0 aromatic rings. The van der Waals surface area contributed by atoms with Gasteiger partial charge in [0.05, 0.1) is 12.5 Å². The van der Waals surface area contributed by atoms with Gasteiger partial charge in [0.25, 0.3) is 6.65 Å². The van der Waals surface area contributed by atoms with E-state index in [0.29, 0.717) is 12.2 Å². The van der Waals surface area contributed by atoms with E-state index < -0.39 is 6.65 Å². The second kappa shape index (κ2) is 7.75. The minimum absolute atomic E-state index is 0.168. The van der Waals surface area contributed by atoms with Gasteiger partial charge in [-0.1, -0.05) is 25.2 Å². The van der Waals surface area contributed by atoms with Crippen LogP contribution in [0.15, 0.2) is 0 Å². The van der Waals surface area contributed by atoms with E-state index in [0.717, 1.165) is 0 Å². The summed E-state index contributed by atoms with van der Waals surface area (Å²) in [5.41, 5.74) is 0. The normalized spacial score (nSPS) is 14.1. The molecule has 0 radical (unpaired) electrons. The first kappa shape index (κ1) is 16.5. The molecule has 0 rings (SSSR count). The minimum atomic E-state index is -2.92. The highest BCUT2D eigenvalue weighted by atomic mass is 32.7. The number of rotatable bonds is 7. The van der Waals surface area contributed by atoms with Crippen LogP contribution >= 0.6 is 18.0 Å². The lowest BCUT2D eigenvalue weighted by atomic mass is 10.4. The number of hydrogen-bond acceptors (Lipinski definition) is 4. The van der Waals surface area contributed by atoms with Crippen molar-refractivity contribution in [1.29, 1.82) is 5.26 Å². The van der Waals surface area contributed by atoms with Crippen molar-refractivity contribution >= 4 is 23.9 Å². The highest BCUT2D eigenvalue weighted by molar-refractivity contribution is 8.56. The van der Waals surface area contributed by atoms with Gasteiger partial charge in [-0.2, -0.15) is 5.26 Å². The van der Waals surface area contributed by atoms with Crippen molar-refractivity contribution in [1.82, 2.24) is 9.34 Å². The highest BCUT2D eigenvalue weighted by Crippen LogP contribution is 2.62. The third-order valence-corrected chi connectivity index (χ3v) is 8.13. The summed E-state index contributed by atoms with van der Waals surface area (Å²) in [6.07, 6.45) is 0.501. The summed E-state index contributed by atoms with van der Waals surface area (Å²) in [4.78, 5) is 11.8. The third-order valence-electron chi connectivity index (χ3n) is 2.13. The molecule has 0 fully saturated rings. The first-order valence-corrected chi connectivity index (χ1v) is 8.74. The Labute approximate surface area is 107 Å². The number of nitriles is 1. The first-order valence-electron chi connectivity index (χ1n) is 5.54. The van der Waals surface area contributed by atoms with Crippen LogP contribution in [-0.4, -0.2) is 41.6 Å². The second-order valence-electron chi connectivity index (χ2n) is 3.53. The molecule has 0 aromatic heterocycles. The molecule has 98 valence electrons. The maximum Gasteiger partial charge on any atom is 0.296 e. The Morgan fingerprint density at radius 2 is 2.00 bits per heavy atom. The van der Waals surface area contributed by atoms with Gasteiger partial charge in [-0.25, -0.2) is 4.67 Å². The molecule has 1 atom stereocenters. The van der Waals surface area contributed by atoms with Crippen LogP contribution in [0.4, 0.5) is 0 Å². The zero-order valence-electron chi connectivity index (χ0n) is 10.8. The largest absolute Gasteiger partial charge is 0.296 e. The maximum absolute atomic E-state index is 12.8. The molecule has 0 saturated carbocycles. The van der Waals surface area contributed by atoms with Crippen molar-refractivity contribution in [2.24, 2.45) is 0 Å².